The van der Waals surface area contributed by atoms with Gasteiger partial charge in [-0.25, -0.2) is 0 Å². The molecule has 4 aromatic carbocycles. The fourth-order valence-electron chi connectivity index (χ4n) is 4.83. The lowest BCUT2D eigenvalue weighted by Gasteiger charge is -2.32. The Kier molecular flexibility index (Phi) is 8.65. The number of rotatable bonds is 9. The number of nitrogens with one attached hydrogen (secondary N) is 1. The molecule has 4 heteroatoms. The molecule has 0 saturated heterocycles. The summed E-state index contributed by atoms with van der Waals surface area (Å²) < 4.78 is 0. The molecule has 4 rings (SSSR count). The van der Waals surface area contributed by atoms with E-state index >= 15 is 0 Å². The summed E-state index contributed by atoms with van der Waals surface area (Å²) in [7, 11) is 0. The van der Waals surface area contributed by atoms with Gasteiger partial charge in [0.2, 0.25) is 0 Å². The Balaban J connectivity index is 1.66. The van der Waals surface area contributed by atoms with E-state index < -0.39 is 5.41 Å². The minimum Gasteiger partial charge on any atom is -0.308 e. The van der Waals surface area contributed by atoms with Gasteiger partial charge in [0.15, 0.2) is 0 Å². The van der Waals surface area contributed by atoms with E-state index in [1.807, 2.05) is 56.3 Å². The van der Waals surface area contributed by atoms with Crippen molar-refractivity contribution in [2.45, 2.75) is 39.2 Å². The number of nitrogens with zero attached hydrogens (tertiary/aromatic N) is 2. The molecular weight excluding hydrogens is 486 g/mol. The van der Waals surface area contributed by atoms with Crippen molar-refractivity contribution in [1.29, 1.82) is 10.5 Å². The van der Waals surface area contributed by atoms with Crippen LogP contribution in [-0.2, 0) is 6.42 Å². The number of aryl methyl sites for hydroxylation is 1. The monoisotopic (exact) mass is 517 g/mol. The minimum absolute atomic E-state index is 0.0988. The van der Waals surface area contributed by atoms with Crippen LogP contribution in [0.2, 0.25) is 5.02 Å². The van der Waals surface area contributed by atoms with Crippen LogP contribution < -0.4 is 5.32 Å². The summed E-state index contributed by atoms with van der Waals surface area (Å²) >= 11 is 6.13. The topological polar surface area (TPSA) is 59.6 Å². The van der Waals surface area contributed by atoms with Gasteiger partial charge in [0.05, 0.1) is 29.2 Å². The minimum atomic E-state index is -0.648. The molecule has 3 nitrogen and oxygen atoms in total. The summed E-state index contributed by atoms with van der Waals surface area (Å²) in [6.07, 6.45) is 0.780. The number of benzene rings is 4. The predicted molar refractivity (Wildman–Crippen MR) is 156 cm³/mol. The molecule has 0 aliphatic carbocycles. The molecule has 2 unspecified atom stereocenters. The second kappa shape index (κ2) is 12.1. The summed E-state index contributed by atoms with van der Waals surface area (Å²) in [5, 5.41) is 24.1. The maximum absolute atomic E-state index is 10.1. The molecule has 1 N–H and O–H groups in total. The second-order valence-electron chi connectivity index (χ2n) is 10.4. The SMILES string of the molecule is Cc1ccc(-c2cccc(C(NCC(Cc3ccc(Cl)cc3)c3cccc(C#N)c3)C(C)(C)C#N)c2)cc1. The van der Waals surface area contributed by atoms with Crippen molar-refractivity contribution in [3.05, 3.63) is 130 Å². The number of nitriles is 2. The Hall–Kier alpha value is -3.89. The first-order chi connectivity index (χ1) is 18.3. The lowest BCUT2D eigenvalue weighted by molar-refractivity contribution is 0.317. The highest BCUT2D eigenvalue weighted by molar-refractivity contribution is 6.30. The Morgan fingerprint density at radius 3 is 2.18 bits per heavy atom. The zero-order chi connectivity index (χ0) is 27.1. The van der Waals surface area contributed by atoms with Crippen molar-refractivity contribution in [2.75, 3.05) is 6.54 Å². The Morgan fingerprint density at radius 1 is 0.816 bits per heavy atom. The smallest absolute Gasteiger partial charge is 0.0991 e. The molecule has 0 aliphatic heterocycles. The number of halogens is 1. The van der Waals surface area contributed by atoms with Gasteiger partial charge in [-0.3, -0.25) is 0 Å². The lowest BCUT2D eigenvalue weighted by atomic mass is 9.80. The molecular formula is C34H32ClN3. The third-order valence-corrected chi connectivity index (χ3v) is 7.32. The second-order valence-corrected chi connectivity index (χ2v) is 10.9. The van der Waals surface area contributed by atoms with Crippen molar-refractivity contribution in [3.8, 4) is 23.3 Å². The lowest BCUT2D eigenvalue weighted by Crippen LogP contribution is -2.36. The van der Waals surface area contributed by atoms with Gasteiger partial charge in [-0.05, 0) is 85.3 Å². The standard InChI is InChI=1S/C34H32ClN3/c1-24-10-14-27(15-11-24)29-8-5-9-30(20-29)33(34(2,3)23-37)38-22-31(18-25-12-16-32(35)17-13-25)28-7-4-6-26(19-28)21-36/h4-17,19-20,31,33,38H,18,22H2,1-3H3. The van der Waals surface area contributed by atoms with E-state index in [2.05, 4.69) is 79.0 Å². The van der Waals surface area contributed by atoms with E-state index in [-0.39, 0.29) is 12.0 Å². The van der Waals surface area contributed by atoms with E-state index in [9.17, 15) is 10.5 Å². The third-order valence-electron chi connectivity index (χ3n) is 7.07. The van der Waals surface area contributed by atoms with Gasteiger partial charge in [0.1, 0.15) is 0 Å². The molecule has 4 aromatic rings. The van der Waals surface area contributed by atoms with E-state index in [1.165, 1.54) is 11.1 Å². The maximum Gasteiger partial charge on any atom is 0.0991 e. The van der Waals surface area contributed by atoms with Crippen LogP contribution in [0.4, 0.5) is 0 Å². The average molecular weight is 518 g/mol. The summed E-state index contributed by atoms with van der Waals surface area (Å²) in [5.74, 6) is 0.0988. The summed E-state index contributed by atoms with van der Waals surface area (Å²) in [6, 6.07) is 37.3. The number of hydrogen-bond donors (Lipinski definition) is 1. The summed E-state index contributed by atoms with van der Waals surface area (Å²) in [5.41, 5.74) is 6.83. The molecule has 0 amide bonds. The quantitative estimate of drug-likeness (QED) is 0.242. The van der Waals surface area contributed by atoms with E-state index in [4.69, 9.17) is 11.6 Å². The summed E-state index contributed by atoms with van der Waals surface area (Å²) in [6.45, 7) is 6.69. The maximum atomic E-state index is 10.1. The summed E-state index contributed by atoms with van der Waals surface area (Å²) in [4.78, 5) is 0. The Morgan fingerprint density at radius 2 is 1.50 bits per heavy atom. The highest BCUT2D eigenvalue weighted by atomic mass is 35.5. The van der Waals surface area contributed by atoms with E-state index in [0.717, 1.165) is 28.7 Å². The zero-order valence-corrected chi connectivity index (χ0v) is 22.8. The Labute approximate surface area is 231 Å². The molecule has 0 aromatic heterocycles. The van der Waals surface area contributed by atoms with E-state index in [0.29, 0.717) is 17.1 Å². The first kappa shape index (κ1) is 27.2. The van der Waals surface area contributed by atoms with Gasteiger partial charge >= 0.3 is 0 Å². The molecule has 0 spiro atoms. The molecule has 0 saturated carbocycles. The van der Waals surface area contributed by atoms with Gasteiger partial charge in [-0.2, -0.15) is 10.5 Å². The van der Waals surface area contributed by atoms with Crippen molar-refractivity contribution in [3.63, 3.8) is 0 Å². The highest BCUT2D eigenvalue weighted by Crippen LogP contribution is 2.35. The predicted octanol–water partition coefficient (Wildman–Crippen LogP) is 8.39. The number of hydrogen-bond acceptors (Lipinski definition) is 3. The largest absolute Gasteiger partial charge is 0.308 e. The molecule has 2 atom stereocenters. The van der Waals surface area contributed by atoms with Crippen LogP contribution in [0.1, 0.15) is 53.6 Å². The fraction of sp³-hybridized carbons (Fsp3) is 0.235. The zero-order valence-electron chi connectivity index (χ0n) is 22.1. The van der Waals surface area contributed by atoms with Gasteiger partial charge in [-0.15, -0.1) is 0 Å². The Bertz CT molecular complexity index is 1460. The molecule has 0 bridgehead atoms. The van der Waals surface area contributed by atoms with Crippen molar-refractivity contribution in [1.82, 2.24) is 5.32 Å². The van der Waals surface area contributed by atoms with Gasteiger partial charge in [-0.1, -0.05) is 83.9 Å². The normalized spacial score (nSPS) is 12.8. The van der Waals surface area contributed by atoms with Crippen LogP contribution in [0, 0.1) is 35.0 Å². The van der Waals surface area contributed by atoms with Crippen LogP contribution >= 0.6 is 11.6 Å². The van der Waals surface area contributed by atoms with Crippen LogP contribution in [-0.4, -0.2) is 6.54 Å². The van der Waals surface area contributed by atoms with Crippen molar-refractivity contribution < 1.29 is 0 Å². The van der Waals surface area contributed by atoms with Crippen LogP contribution in [0.15, 0.2) is 97.1 Å². The van der Waals surface area contributed by atoms with Gasteiger partial charge < -0.3 is 5.32 Å². The van der Waals surface area contributed by atoms with Crippen molar-refractivity contribution in [2.24, 2.45) is 5.41 Å². The molecule has 0 heterocycles. The molecule has 0 radical (unpaired) electrons. The third kappa shape index (κ3) is 6.70. The fourth-order valence-corrected chi connectivity index (χ4v) is 4.96. The average Bonchev–Trinajstić information content (AvgIpc) is 2.94. The van der Waals surface area contributed by atoms with E-state index in [1.54, 1.807) is 0 Å². The van der Waals surface area contributed by atoms with Gasteiger partial charge in [0, 0.05) is 17.5 Å². The van der Waals surface area contributed by atoms with Crippen LogP contribution in [0.25, 0.3) is 11.1 Å². The molecule has 0 aliphatic rings. The molecule has 0 fully saturated rings. The first-order valence-corrected chi connectivity index (χ1v) is 13.2. The molecule has 38 heavy (non-hydrogen) atoms. The highest BCUT2D eigenvalue weighted by Gasteiger charge is 2.31. The van der Waals surface area contributed by atoms with Crippen LogP contribution in [0.3, 0.4) is 0 Å². The van der Waals surface area contributed by atoms with Crippen LogP contribution in [0.5, 0.6) is 0 Å². The molecule has 190 valence electrons. The van der Waals surface area contributed by atoms with Gasteiger partial charge in [0.25, 0.3) is 0 Å². The first-order valence-electron chi connectivity index (χ1n) is 12.8. The van der Waals surface area contributed by atoms with Crippen molar-refractivity contribution >= 4 is 11.6 Å².